The Morgan fingerprint density at radius 1 is 0.436 bits per heavy atom. The predicted molar refractivity (Wildman–Crippen MR) is 381 cm³/mol. The molecule has 4 aliphatic rings. The van der Waals surface area contributed by atoms with Crippen LogP contribution >= 0.6 is 0 Å². The van der Waals surface area contributed by atoms with E-state index >= 15 is 0 Å². The molecule has 0 amide bonds. The van der Waals surface area contributed by atoms with Gasteiger partial charge in [0.15, 0.2) is 0 Å². The monoisotopic (exact) mass is 1290 g/mol. The summed E-state index contributed by atoms with van der Waals surface area (Å²) < 4.78 is 35.3. The number of hydrogen-bond donors (Lipinski definition) is 0. The Morgan fingerprint density at radius 2 is 0.830 bits per heavy atom. The number of hydrogen-bond acceptors (Lipinski definition) is 10. The van der Waals surface area contributed by atoms with Gasteiger partial charge in [-0.05, 0) is 149 Å². The molecular weight excluding hydrogens is 1170 g/mol. The summed E-state index contributed by atoms with van der Waals surface area (Å²) in [7, 11) is 0. The van der Waals surface area contributed by atoms with Gasteiger partial charge in [-0.3, -0.25) is 19.2 Å². The van der Waals surface area contributed by atoms with E-state index in [0.717, 1.165) is 107 Å². The molecule has 4 aromatic rings. The number of esters is 4. The first-order valence-corrected chi connectivity index (χ1v) is 37.3. The summed E-state index contributed by atoms with van der Waals surface area (Å²) in [4.78, 5) is 52.7. The molecule has 2 heterocycles. The van der Waals surface area contributed by atoms with Crippen molar-refractivity contribution in [1.82, 2.24) is 0 Å². The van der Waals surface area contributed by atoms with Crippen molar-refractivity contribution < 1.29 is 47.6 Å². The summed E-state index contributed by atoms with van der Waals surface area (Å²) >= 11 is 0. The largest absolute Gasteiger partial charge is 0.490 e. The highest BCUT2D eigenvalue weighted by Gasteiger charge is 2.46. The fraction of sp³-hybridized carbons (Fsp3) is 0.667. The van der Waals surface area contributed by atoms with Crippen LogP contribution in [-0.2, 0) is 50.3 Å². The lowest BCUT2D eigenvalue weighted by Gasteiger charge is -2.51. The Bertz CT molecular complexity index is 3070. The van der Waals surface area contributed by atoms with E-state index in [-0.39, 0.29) is 72.0 Å². The van der Waals surface area contributed by atoms with Crippen molar-refractivity contribution in [3.63, 3.8) is 0 Å². The van der Waals surface area contributed by atoms with Crippen LogP contribution in [0, 0.1) is 35.5 Å². The zero-order valence-electron chi connectivity index (χ0n) is 60.8. The minimum absolute atomic E-state index is 0.0868. The van der Waals surface area contributed by atoms with E-state index < -0.39 is 11.8 Å². The molecule has 0 aromatic heterocycles. The molecule has 8 atom stereocenters. The average Bonchev–Trinajstić information content (AvgIpc) is 1.56. The van der Waals surface area contributed by atoms with Gasteiger partial charge in [-0.1, -0.05) is 255 Å². The first kappa shape index (κ1) is 74.2. The fourth-order valence-electron chi connectivity index (χ4n) is 16.0. The number of benzene rings is 4. The lowest BCUT2D eigenvalue weighted by Crippen LogP contribution is -2.42. The average molecular weight is 1290 g/mol. The molecule has 94 heavy (non-hydrogen) atoms. The Morgan fingerprint density at radius 3 is 1.27 bits per heavy atom. The zero-order valence-corrected chi connectivity index (χ0v) is 60.8. The van der Waals surface area contributed by atoms with Gasteiger partial charge in [-0.15, -0.1) is 0 Å². The smallest absolute Gasteiger partial charge is 0.323 e. The van der Waals surface area contributed by atoms with Crippen LogP contribution in [0.1, 0.15) is 320 Å². The summed E-state index contributed by atoms with van der Waals surface area (Å²) in [6.45, 7) is 31.7. The molecule has 2 fully saturated rings. The van der Waals surface area contributed by atoms with Gasteiger partial charge >= 0.3 is 23.9 Å². The molecule has 2 aliphatic heterocycles. The van der Waals surface area contributed by atoms with Crippen molar-refractivity contribution in [3.8, 4) is 23.0 Å². The van der Waals surface area contributed by atoms with E-state index in [1.807, 2.05) is 48.5 Å². The third-order valence-corrected chi connectivity index (χ3v) is 21.5. The van der Waals surface area contributed by atoms with Crippen LogP contribution in [0.3, 0.4) is 0 Å². The van der Waals surface area contributed by atoms with Crippen LogP contribution < -0.4 is 18.9 Å². The van der Waals surface area contributed by atoms with Crippen LogP contribution in [-0.4, -0.2) is 50.3 Å². The third-order valence-electron chi connectivity index (χ3n) is 21.5. The summed E-state index contributed by atoms with van der Waals surface area (Å²) in [6.07, 6.45) is 31.3. The van der Waals surface area contributed by atoms with Gasteiger partial charge in [0.25, 0.3) is 0 Å². The molecule has 10 nitrogen and oxygen atoms in total. The second-order valence-electron chi connectivity index (χ2n) is 32.9. The molecule has 0 bridgehead atoms. The van der Waals surface area contributed by atoms with Crippen LogP contribution in [0.2, 0.25) is 0 Å². The lowest BCUT2D eigenvalue weighted by atomic mass is 9.54. The Balaban J connectivity index is 0.755. The van der Waals surface area contributed by atoms with Gasteiger partial charge in [0.1, 0.15) is 61.3 Å². The maximum absolute atomic E-state index is 13.4. The molecule has 0 radical (unpaired) electrons. The van der Waals surface area contributed by atoms with Crippen molar-refractivity contribution in [3.05, 3.63) is 117 Å². The zero-order chi connectivity index (χ0) is 67.8. The third kappa shape index (κ3) is 20.5. The molecule has 10 heteroatoms. The SMILES string of the molecule is CCCCCCCC1CC2C(CCC(CCCCCCC(=O)OCCOc3ccc(C4C(=O)Oc5c4cc(C(C)(C)C)cc5C(C)(C)C)cc3)C2CCCCCCC(=O)OCCOc2ccc(C3C(=O)Oc4c3cc(C(C)(C)C)cc4C(C)(C)C)cc2)CC1CCCCC. The number of carbonyl (C=O) groups is 4. The lowest BCUT2D eigenvalue weighted by molar-refractivity contribution is -0.145. The molecule has 8 unspecified atom stereocenters. The van der Waals surface area contributed by atoms with Crippen molar-refractivity contribution in [2.24, 2.45) is 35.5 Å². The van der Waals surface area contributed by atoms with E-state index in [1.165, 1.54) is 127 Å². The van der Waals surface area contributed by atoms with Gasteiger partial charge in [0, 0.05) is 35.1 Å². The first-order chi connectivity index (χ1) is 44.7. The molecule has 0 saturated heterocycles. The minimum Gasteiger partial charge on any atom is -0.490 e. The molecule has 2 saturated carbocycles. The van der Waals surface area contributed by atoms with Gasteiger partial charge in [0.05, 0.1) is 0 Å². The van der Waals surface area contributed by atoms with Crippen LogP contribution in [0.15, 0.2) is 72.8 Å². The fourth-order valence-corrected chi connectivity index (χ4v) is 16.0. The quantitative estimate of drug-likeness (QED) is 0.0254. The number of rotatable bonds is 34. The van der Waals surface area contributed by atoms with Gasteiger partial charge in [0.2, 0.25) is 0 Å². The molecule has 0 N–H and O–H groups in total. The van der Waals surface area contributed by atoms with Crippen molar-refractivity contribution >= 4 is 23.9 Å². The molecule has 4 aromatic carbocycles. The van der Waals surface area contributed by atoms with E-state index in [9.17, 15) is 19.2 Å². The summed E-state index contributed by atoms with van der Waals surface area (Å²) in [5.74, 6) is 5.88. The number of ether oxygens (including phenoxy) is 6. The first-order valence-electron chi connectivity index (χ1n) is 37.3. The van der Waals surface area contributed by atoms with Crippen molar-refractivity contribution in [1.29, 1.82) is 0 Å². The standard InChI is InChI=1S/C84H122O10/c1-15-17-19-20-27-33-61-52-68-62(51-60(61)32-25-18-16-2)38-37-57(31-26-21-23-29-35-73(85)91-49-47-89-65-43-39-58(40-44-65)75-69-53-63(81(3,4)5)55-71(83(9,10)11)77(69)93-79(75)87)67(68)34-28-22-24-30-36-74(86)92-50-48-90-66-45-41-59(42-46-66)76-70-54-64(82(6,7)8)56-72(84(12,13)14)78(70)94-80(76)88/h39-46,53-57,60-62,67-68,75-76H,15-38,47-52H2,1-14H3. The van der Waals surface area contributed by atoms with E-state index in [2.05, 4.69) is 121 Å². The summed E-state index contributed by atoms with van der Waals surface area (Å²) in [6, 6.07) is 24.0. The molecule has 518 valence electrons. The van der Waals surface area contributed by atoms with Gasteiger partial charge < -0.3 is 28.4 Å². The van der Waals surface area contributed by atoms with Gasteiger partial charge in [-0.25, -0.2) is 0 Å². The Hall–Kier alpha value is -5.64. The van der Waals surface area contributed by atoms with Crippen LogP contribution in [0.25, 0.3) is 0 Å². The second kappa shape index (κ2) is 34.0. The topological polar surface area (TPSA) is 124 Å². The summed E-state index contributed by atoms with van der Waals surface area (Å²) in [5.41, 5.74) is 7.48. The Kier molecular flexibility index (Phi) is 26.8. The second-order valence-corrected chi connectivity index (χ2v) is 32.9. The van der Waals surface area contributed by atoms with Crippen molar-refractivity contribution in [2.75, 3.05) is 26.4 Å². The Labute approximate surface area is 568 Å². The number of unbranched alkanes of at least 4 members (excludes halogenated alkanes) is 12. The van der Waals surface area contributed by atoms with Gasteiger partial charge in [-0.2, -0.15) is 0 Å². The molecular formula is C84H122O10. The molecule has 2 aliphatic carbocycles. The van der Waals surface area contributed by atoms with E-state index in [1.54, 1.807) is 0 Å². The highest BCUT2D eigenvalue weighted by Crippen LogP contribution is 2.55. The molecule has 0 spiro atoms. The maximum Gasteiger partial charge on any atom is 0.323 e. The van der Waals surface area contributed by atoms with Crippen LogP contribution in [0.5, 0.6) is 23.0 Å². The minimum atomic E-state index is -0.503. The predicted octanol–water partition coefficient (Wildman–Crippen LogP) is 21.4. The highest BCUT2D eigenvalue weighted by atomic mass is 16.6. The number of carbonyl (C=O) groups excluding carboxylic acids is 4. The maximum atomic E-state index is 13.4. The molecule has 8 rings (SSSR count). The highest BCUT2D eigenvalue weighted by molar-refractivity contribution is 5.91. The van der Waals surface area contributed by atoms with E-state index in [0.29, 0.717) is 35.8 Å². The normalized spacial score (nSPS) is 21.3. The van der Waals surface area contributed by atoms with Crippen LogP contribution in [0.4, 0.5) is 0 Å². The van der Waals surface area contributed by atoms with Crippen molar-refractivity contribution in [2.45, 2.75) is 297 Å². The van der Waals surface area contributed by atoms with E-state index in [4.69, 9.17) is 28.4 Å². The number of fused-ring (bicyclic) bond motifs is 3. The summed E-state index contributed by atoms with van der Waals surface area (Å²) in [5, 5.41) is 0.